The van der Waals surface area contributed by atoms with Gasteiger partial charge in [0.05, 0.1) is 11.4 Å². The normalized spacial score (nSPS) is 11.0. The minimum atomic E-state index is -0.170. The van der Waals surface area contributed by atoms with Gasteiger partial charge in [-0.15, -0.1) is 11.3 Å². The number of nitrogens with one attached hydrogen (secondary N) is 1. The summed E-state index contributed by atoms with van der Waals surface area (Å²) in [5, 5.41) is 4.58. The molecule has 0 spiro atoms. The molecule has 1 N–H and O–H groups in total. The fourth-order valence-corrected chi connectivity index (χ4v) is 2.59. The van der Waals surface area contributed by atoms with Gasteiger partial charge in [0, 0.05) is 13.1 Å². The van der Waals surface area contributed by atoms with Gasteiger partial charge in [-0.05, 0) is 36.1 Å². The van der Waals surface area contributed by atoms with Gasteiger partial charge in [0.25, 0.3) is 5.91 Å². The first-order chi connectivity index (χ1) is 10.4. The van der Waals surface area contributed by atoms with E-state index >= 15 is 0 Å². The molecule has 0 unspecified atom stereocenters. The van der Waals surface area contributed by atoms with Gasteiger partial charge >= 0.3 is 0 Å². The largest absolute Gasteiger partial charge is 0.342 e. The first kappa shape index (κ1) is 18.7. The Balaban J connectivity index is 2.48. The molecular formula is C17H28N2O2S. The van der Waals surface area contributed by atoms with Crippen LogP contribution in [-0.4, -0.2) is 36.3 Å². The van der Waals surface area contributed by atoms with Crippen molar-refractivity contribution >= 4 is 23.2 Å². The Morgan fingerprint density at radius 1 is 1.14 bits per heavy atom. The number of hydrogen-bond donors (Lipinski definition) is 1. The lowest BCUT2D eigenvalue weighted by molar-refractivity contribution is -0.130. The molecular weight excluding hydrogens is 296 g/mol. The molecule has 1 heterocycles. The van der Waals surface area contributed by atoms with Crippen LogP contribution in [0, 0.1) is 11.8 Å². The number of carbonyl (C=O) groups is 2. The number of nitrogens with zero attached hydrogens (tertiary/aromatic N) is 1. The lowest BCUT2D eigenvalue weighted by Gasteiger charge is -2.24. The van der Waals surface area contributed by atoms with Crippen molar-refractivity contribution in [1.82, 2.24) is 10.2 Å². The lowest BCUT2D eigenvalue weighted by Crippen LogP contribution is -2.41. The first-order valence-electron chi connectivity index (χ1n) is 7.99. The van der Waals surface area contributed by atoms with Crippen molar-refractivity contribution in [2.24, 2.45) is 11.8 Å². The van der Waals surface area contributed by atoms with Crippen molar-refractivity contribution in [2.45, 2.75) is 40.5 Å². The van der Waals surface area contributed by atoms with Gasteiger partial charge in [-0.2, -0.15) is 0 Å². The highest BCUT2D eigenvalue weighted by atomic mass is 32.1. The Morgan fingerprint density at radius 3 is 2.18 bits per heavy atom. The van der Waals surface area contributed by atoms with Crippen LogP contribution in [0.15, 0.2) is 17.5 Å². The van der Waals surface area contributed by atoms with Gasteiger partial charge in [-0.1, -0.05) is 33.8 Å². The van der Waals surface area contributed by atoms with Gasteiger partial charge < -0.3 is 10.2 Å². The molecule has 0 aromatic carbocycles. The predicted molar refractivity (Wildman–Crippen MR) is 92.1 cm³/mol. The third-order valence-electron chi connectivity index (χ3n) is 3.45. The molecule has 0 atom stereocenters. The van der Waals surface area contributed by atoms with E-state index in [2.05, 4.69) is 33.0 Å². The zero-order valence-corrected chi connectivity index (χ0v) is 14.9. The molecule has 1 aromatic heterocycles. The van der Waals surface area contributed by atoms with E-state index in [1.807, 2.05) is 16.3 Å². The molecule has 2 amide bonds. The van der Waals surface area contributed by atoms with Crippen molar-refractivity contribution in [3.05, 3.63) is 22.4 Å². The van der Waals surface area contributed by atoms with E-state index < -0.39 is 0 Å². The molecule has 22 heavy (non-hydrogen) atoms. The van der Waals surface area contributed by atoms with Crippen LogP contribution in [0.3, 0.4) is 0 Å². The van der Waals surface area contributed by atoms with E-state index in [0.29, 0.717) is 16.7 Å². The van der Waals surface area contributed by atoms with Gasteiger partial charge in [-0.3, -0.25) is 9.59 Å². The fourth-order valence-electron chi connectivity index (χ4n) is 1.95. The number of amides is 2. The van der Waals surface area contributed by atoms with Crippen LogP contribution in [0.1, 0.15) is 50.2 Å². The highest BCUT2D eigenvalue weighted by Crippen LogP contribution is 2.09. The van der Waals surface area contributed by atoms with Gasteiger partial charge in [0.15, 0.2) is 0 Å². The maximum atomic E-state index is 12.4. The second kappa shape index (κ2) is 9.62. The predicted octanol–water partition coefficient (Wildman–Crippen LogP) is 3.40. The minimum absolute atomic E-state index is 0.00575. The second-order valence-corrected chi connectivity index (χ2v) is 7.35. The summed E-state index contributed by atoms with van der Waals surface area (Å²) in [6, 6.07) is 3.60. The highest BCUT2D eigenvalue weighted by molar-refractivity contribution is 7.12. The molecule has 0 saturated heterocycles. The third kappa shape index (κ3) is 7.07. The van der Waals surface area contributed by atoms with E-state index in [4.69, 9.17) is 0 Å². The Labute approximate surface area is 137 Å². The SMILES string of the molecule is CC(C)CCN(CCC(C)C)C(=O)CNC(=O)c1cccs1. The second-order valence-electron chi connectivity index (χ2n) is 6.41. The molecule has 124 valence electrons. The Morgan fingerprint density at radius 2 is 1.73 bits per heavy atom. The van der Waals surface area contributed by atoms with Gasteiger partial charge in [0.2, 0.25) is 5.91 Å². The van der Waals surface area contributed by atoms with Crippen LogP contribution >= 0.6 is 11.3 Å². The molecule has 0 aliphatic rings. The molecule has 1 rings (SSSR count). The third-order valence-corrected chi connectivity index (χ3v) is 4.32. The molecule has 0 aliphatic heterocycles. The van der Waals surface area contributed by atoms with Gasteiger partial charge in [-0.25, -0.2) is 0 Å². The average molecular weight is 324 g/mol. The summed E-state index contributed by atoms with van der Waals surface area (Å²) in [7, 11) is 0. The molecule has 0 radical (unpaired) electrons. The van der Waals surface area contributed by atoms with Crippen LogP contribution in [0.2, 0.25) is 0 Å². The Bertz CT molecular complexity index is 443. The summed E-state index contributed by atoms with van der Waals surface area (Å²) in [6.45, 7) is 10.2. The van der Waals surface area contributed by atoms with Crippen molar-refractivity contribution in [1.29, 1.82) is 0 Å². The van der Waals surface area contributed by atoms with Crippen LogP contribution in [0.5, 0.6) is 0 Å². The Hall–Kier alpha value is -1.36. The standard InChI is InChI=1S/C17H28N2O2S/c1-13(2)7-9-19(10-8-14(3)4)16(20)12-18-17(21)15-6-5-11-22-15/h5-6,11,13-14H,7-10,12H2,1-4H3,(H,18,21). The number of thiophene rings is 1. The van der Waals surface area contributed by atoms with Crippen LogP contribution in [-0.2, 0) is 4.79 Å². The topological polar surface area (TPSA) is 49.4 Å². The van der Waals surface area contributed by atoms with E-state index in [-0.39, 0.29) is 18.4 Å². The summed E-state index contributed by atoms with van der Waals surface area (Å²) in [5.74, 6) is 0.965. The van der Waals surface area contributed by atoms with Crippen LogP contribution in [0.4, 0.5) is 0 Å². The Kier molecular flexibility index (Phi) is 8.17. The fraction of sp³-hybridized carbons (Fsp3) is 0.647. The van der Waals surface area contributed by atoms with Crippen molar-refractivity contribution in [3.8, 4) is 0 Å². The summed E-state index contributed by atoms with van der Waals surface area (Å²) >= 11 is 1.38. The number of hydrogen-bond acceptors (Lipinski definition) is 3. The summed E-state index contributed by atoms with van der Waals surface area (Å²) in [4.78, 5) is 26.8. The molecule has 0 bridgehead atoms. The van der Waals surface area contributed by atoms with E-state index in [1.165, 1.54) is 11.3 Å². The van der Waals surface area contributed by atoms with Crippen molar-refractivity contribution < 1.29 is 9.59 Å². The molecule has 0 aliphatic carbocycles. The summed E-state index contributed by atoms with van der Waals surface area (Å²) < 4.78 is 0. The number of carbonyl (C=O) groups excluding carboxylic acids is 2. The zero-order valence-electron chi connectivity index (χ0n) is 14.1. The molecule has 4 nitrogen and oxygen atoms in total. The van der Waals surface area contributed by atoms with E-state index in [0.717, 1.165) is 25.9 Å². The number of rotatable bonds is 9. The average Bonchev–Trinajstić information content (AvgIpc) is 2.98. The molecule has 0 saturated carbocycles. The van der Waals surface area contributed by atoms with Crippen molar-refractivity contribution in [3.63, 3.8) is 0 Å². The van der Waals surface area contributed by atoms with Crippen LogP contribution < -0.4 is 5.32 Å². The lowest BCUT2D eigenvalue weighted by atomic mass is 10.1. The maximum absolute atomic E-state index is 12.4. The maximum Gasteiger partial charge on any atom is 0.261 e. The van der Waals surface area contributed by atoms with Crippen LogP contribution in [0.25, 0.3) is 0 Å². The van der Waals surface area contributed by atoms with E-state index in [1.54, 1.807) is 6.07 Å². The van der Waals surface area contributed by atoms with Crippen molar-refractivity contribution in [2.75, 3.05) is 19.6 Å². The molecule has 1 aromatic rings. The summed E-state index contributed by atoms with van der Waals surface area (Å²) in [6.07, 6.45) is 1.98. The quantitative estimate of drug-likeness (QED) is 0.757. The zero-order chi connectivity index (χ0) is 16.5. The molecule has 0 fully saturated rings. The smallest absolute Gasteiger partial charge is 0.261 e. The summed E-state index contributed by atoms with van der Waals surface area (Å²) in [5.41, 5.74) is 0. The first-order valence-corrected chi connectivity index (χ1v) is 8.87. The van der Waals surface area contributed by atoms with E-state index in [9.17, 15) is 9.59 Å². The highest BCUT2D eigenvalue weighted by Gasteiger charge is 2.16. The minimum Gasteiger partial charge on any atom is -0.342 e. The monoisotopic (exact) mass is 324 g/mol. The molecule has 5 heteroatoms. The van der Waals surface area contributed by atoms with Gasteiger partial charge in [0.1, 0.15) is 0 Å².